The summed E-state index contributed by atoms with van der Waals surface area (Å²) in [5, 5.41) is 2.86. The standard InChI is InChI=1S/C21H24N2O4/c1-6-9-23-17-8-7-15(11-18(17)26-12-21(4,5)20(23)25)22-19(24)16-10-13(2)27-14(16)3/h6-8,10-11H,1,9,12H2,2-5H3,(H,22,24). The van der Waals surface area contributed by atoms with Gasteiger partial charge in [0.2, 0.25) is 5.91 Å². The van der Waals surface area contributed by atoms with Crippen molar-refractivity contribution < 1.29 is 18.7 Å². The topological polar surface area (TPSA) is 71.8 Å². The maximum atomic E-state index is 12.8. The Labute approximate surface area is 158 Å². The first-order chi connectivity index (χ1) is 12.7. The zero-order valence-corrected chi connectivity index (χ0v) is 16.1. The lowest BCUT2D eigenvalue weighted by Crippen LogP contribution is -2.42. The highest BCUT2D eigenvalue weighted by molar-refractivity contribution is 6.05. The average molecular weight is 368 g/mol. The van der Waals surface area contributed by atoms with E-state index in [1.165, 1.54) is 0 Å². The second kappa shape index (κ2) is 6.95. The zero-order chi connectivity index (χ0) is 19.8. The van der Waals surface area contributed by atoms with Crippen molar-refractivity contribution in [1.29, 1.82) is 0 Å². The van der Waals surface area contributed by atoms with Gasteiger partial charge in [0.15, 0.2) is 0 Å². The molecule has 2 heterocycles. The number of anilines is 2. The molecule has 142 valence electrons. The van der Waals surface area contributed by atoms with Crippen molar-refractivity contribution in [3.63, 3.8) is 0 Å². The van der Waals surface area contributed by atoms with Crippen LogP contribution < -0.4 is 15.0 Å². The molecule has 1 N–H and O–H groups in total. The quantitative estimate of drug-likeness (QED) is 0.825. The average Bonchev–Trinajstić information content (AvgIpc) is 2.92. The molecule has 0 radical (unpaired) electrons. The van der Waals surface area contributed by atoms with Gasteiger partial charge in [0.1, 0.15) is 23.9 Å². The Balaban J connectivity index is 1.91. The predicted octanol–water partition coefficient (Wildman–Crippen LogP) is 4.09. The minimum absolute atomic E-state index is 0.0255. The van der Waals surface area contributed by atoms with Crippen molar-refractivity contribution in [3.05, 3.63) is 54.0 Å². The SMILES string of the molecule is C=CCN1C(=O)C(C)(C)COc2cc(NC(=O)c3cc(C)oc3C)ccc21. The fraction of sp³-hybridized carbons (Fsp3) is 0.333. The molecule has 1 aliphatic rings. The molecule has 0 saturated carbocycles. The third-order valence-electron chi connectivity index (χ3n) is 4.52. The molecule has 2 aromatic rings. The lowest BCUT2D eigenvalue weighted by Gasteiger charge is -2.27. The van der Waals surface area contributed by atoms with Gasteiger partial charge in [-0.25, -0.2) is 0 Å². The highest BCUT2D eigenvalue weighted by atomic mass is 16.5. The molecule has 0 aliphatic carbocycles. The Bertz CT molecular complexity index is 911. The number of amides is 2. The first-order valence-electron chi connectivity index (χ1n) is 8.81. The van der Waals surface area contributed by atoms with Gasteiger partial charge in [0.05, 0.1) is 16.7 Å². The van der Waals surface area contributed by atoms with E-state index in [0.717, 1.165) is 0 Å². The zero-order valence-electron chi connectivity index (χ0n) is 16.1. The van der Waals surface area contributed by atoms with Crippen molar-refractivity contribution in [2.75, 3.05) is 23.4 Å². The van der Waals surface area contributed by atoms with Crippen LogP contribution in [0.2, 0.25) is 0 Å². The molecule has 6 heteroatoms. The number of aryl methyl sites for hydroxylation is 2. The van der Waals surface area contributed by atoms with Crippen LogP contribution in [-0.2, 0) is 4.79 Å². The van der Waals surface area contributed by atoms with Gasteiger partial charge >= 0.3 is 0 Å². The number of hydrogen-bond donors (Lipinski definition) is 1. The van der Waals surface area contributed by atoms with Crippen molar-refractivity contribution in [2.24, 2.45) is 5.41 Å². The number of nitrogens with one attached hydrogen (secondary N) is 1. The van der Waals surface area contributed by atoms with E-state index in [4.69, 9.17) is 9.15 Å². The van der Waals surface area contributed by atoms with Crippen LogP contribution in [-0.4, -0.2) is 25.0 Å². The molecule has 1 aliphatic heterocycles. The van der Waals surface area contributed by atoms with Crippen LogP contribution >= 0.6 is 0 Å². The fourth-order valence-electron chi connectivity index (χ4n) is 3.09. The molecule has 27 heavy (non-hydrogen) atoms. The number of ether oxygens (including phenoxy) is 1. The summed E-state index contributed by atoms with van der Waals surface area (Å²) in [6.45, 7) is 11.6. The number of carbonyl (C=O) groups excluding carboxylic acids is 2. The third kappa shape index (κ3) is 3.60. The van der Waals surface area contributed by atoms with E-state index in [1.807, 2.05) is 13.8 Å². The maximum Gasteiger partial charge on any atom is 0.259 e. The second-order valence-corrected chi connectivity index (χ2v) is 7.34. The van der Waals surface area contributed by atoms with E-state index in [9.17, 15) is 9.59 Å². The summed E-state index contributed by atoms with van der Waals surface area (Å²) in [5.41, 5.74) is 1.09. The Morgan fingerprint density at radius 1 is 1.33 bits per heavy atom. The van der Waals surface area contributed by atoms with Gasteiger partial charge in [-0.1, -0.05) is 6.08 Å². The number of nitrogens with zero attached hydrogens (tertiary/aromatic N) is 1. The predicted molar refractivity (Wildman–Crippen MR) is 104 cm³/mol. The maximum absolute atomic E-state index is 12.8. The van der Waals surface area contributed by atoms with Crippen LogP contribution in [0.25, 0.3) is 0 Å². The largest absolute Gasteiger partial charge is 0.490 e. The molecule has 0 spiro atoms. The van der Waals surface area contributed by atoms with Gasteiger partial charge in [-0.05, 0) is 45.9 Å². The van der Waals surface area contributed by atoms with Gasteiger partial charge in [0.25, 0.3) is 5.91 Å². The molecule has 0 saturated heterocycles. The summed E-state index contributed by atoms with van der Waals surface area (Å²) in [6.07, 6.45) is 1.68. The summed E-state index contributed by atoms with van der Waals surface area (Å²) < 4.78 is 11.3. The third-order valence-corrected chi connectivity index (χ3v) is 4.52. The number of rotatable bonds is 4. The Kier molecular flexibility index (Phi) is 4.83. The summed E-state index contributed by atoms with van der Waals surface area (Å²) >= 11 is 0. The number of carbonyl (C=O) groups is 2. The molecular weight excluding hydrogens is 344 g/mol. The molecule has 6 nitrogen and oxygen atoms in total. The van der Waals surface area contributed by atoms with Crippen molar-refractivity contribution in [3.8, 4) is 5.75 Å². The molecule has 0 atom stereocenters. The van der Waals surface area contributed by atoms with Crippen LogP contribution in [0.1, 0.15) is 35.7 Å². The first-order valence-corrected chi connectivity index (χ1v) is 8.81. The van der Waals surface area contributed by atoms with E-state index >= 15 is 0 Å². The second-order valence-electron chi connectivity index (χ2n) is 7.34. The highest BCUT2D eigenvalue weighted by Gasteiger charge is 2.37. The Morgan fingerprint density at radius 3 is 2.70 bits per heavy atom. The summed E-state index contributed by atoms with van der Waals surface area (Å²) in [4.78, 5) is 27.0. The van der Waals surface area contributed by atoms with Gasteiger partial charge in [0, 0.05) is 18.3 Å². The molecule has 3 rings (SSSR count). The normalized spacial score (nSPS) is 15.6. The van der Waals surface area contributed by atoms with Gasteiger partial charge in [-0.2, -0.15) is 0 Å². The molecule has 1 aromatic carbocycles. The van der Waals surface area contributed by atoms with E-state index in [1.54, 1.807) is 49.1 Å². The number of fused-ring (bicyclic) bond motifs is 1. The van der Waals surface area contributed by atoms with Gasteiger partial charge in [-0.3, -0.25) is 9.59 Å². The smallest absolute Gasteiger partial charge is 0.259 e. The molecule has 1 aromatic heterocycles. The fourth-order valence-corrected chi connectivity index (χ4v) is 3.09. The molecule has 2 amide bonds. The van der Waals surface area contributed by atoms with Crippen molar-refractivity contribution in [2.45, 2.75) is 27.7 Å². The summed E-state index contributed by atoms with van der Waals surface area (Å²) in [7, 11) is 0. The Morgan fingerprint density at radius 2 is 2.07 bits per heavy atom. The minimum atomic E-state index is -0.656. The summed E-state index contributed by atoms with van der Waals surface area (Å²) in [5.74, 6) is 1.53. The van der Waals surface area contributed by atoms with E-state index in [-0.39, 0.29) is 18.4 Å². The molecular formula is C21H24N2O4. The highest BCUT2D eigenvalue weighted by Crippen LogP contribution is 2.38. The molecule has 0 unspecified atom stereocenters. The summed E-state index contributed by atoms with van der Waals surface area (Å²) in [6, 6.07) is 6.98. The van der Waals surface area contributed by atoms with Crippen LogP contribution in [0.15, 0.2) is 41.3 Å². The van der Waals surface area contributed by atoms with Crippen LogP contribution in [0.5, 0.6) is 5.75 Å². The lowest BCUT2D eigenvalue weighted by molar-refractivity contribution is -0.127. The number of hydrogen-bond acceptors (Lipinski definition) is 4. The van der Waals surface area contributed by atoms with Crippen molar-refractivity contribution in [1.82, 2.24) is 0 Å². The number of benzene rings is 1. The molecule has 0 bridgehead atoms. The van der Waals surface area contributed by atoms with E-state index < -0.39 is 5.41 Å². The van der Waals surface area contributed by atoms with Crippen molar-refractivity contribution >= 4 is 23.2 Å². The van der Waals surface area contributed by atoms with Crippen LogP contribution in [0.4, 0.5) is 11.4 Å². The van der Waals surface area contributed by atoms with E-state index in [2.05, 4.69) is 11.9 Å². The number of furan rings is 1. The van der Waals surface area contributed by atoms with Gasteiger partial charge in [-0.15, -0.1) is 6.58 Å². The van der Waals surface area contributed by atoms with Gasteiger partial charge < -0.3 is 19.4 Å². The molecule has 0 fully saturated rings. The first kappa shape index (κ1) is 18.8. The monoisotopic (exact) mass is 368 g/mol. The van der Waals surface area contributed by atoms with Crippen LogP contribution in [0.3, 0.4) is 0 Å². The van der Waals surface area contributed by atoms with E-state index in [0.29, 0.717) is 40.8 Å². The Hall–Kier alpha value is -3.02. The lowest BCUT2D eigenvalue weighted by atomic mass is 9.93. The van der Waals surface area contributed by atoms with Crippen LogP contribution in [0, 0.1) is 19.3 Å². The minimum Gasteiger partial charge on any atom is -0.490 e.